The van der Waals surface area contributed by atoms with Crippen LogP contribution in [0.3, 0.4) is 0 Å². The Hall–Kier alpha value is -1.89. The molecule has 0 unspecified atom stereocenters. The highest BCUT2D eigenvalue weighted by Crippen LogP contribution is 2.33. The van der Waals surface area contributed by atoms with Crippen molar-refractivity contribution < 1.29 is 27.4 Å². The van der Waals surface area contributed by atoms with E-state index in [1.807, 2.05) is 12.1 Å². The monoisotopic (exact) mass is 329 g/mol. The molecular weight excluding hydrogens is 311 g/mol. The number of allylic oxidation sites excluding steroid dienone is 2. The van der Waals surface area contributed by atoms with Crippen molar-refractivity contribution in [2.24, 2.45) is 0 Å². The average molecular weight is 329 g/mol. The molecule has 1 saturated heterocycles. The van der Waals surface area contributed by atoms with Crippen molar-refractivity contribution >= 4 is 0 Å². The van der Waals surface area contributed by atoms with E-state index in [1.54, 1.807) is 6.07 Å². The van der Waals surface area contributed by atoms with Gasteiger partial charge >= 0.3 is 6.18 Å². The normalized spacial score (nSPS) is 18.4. The molecule has 2 heterocycles. The van der Waals surface area contributed by atoms with E-state index in [0.29, 0.717) is 37.6 Å². The van der Waals surface area contributed by atoms with Gasteiger partial charge in [-0.2, -0.15) is 13.2 Å². The highest BCUT2D eigenvalue weighted by atomic mass is 19.4. The highest BCUT2D eigenvalue weighted by molar-refractivity contribution is 5.44. The zero-order valence-corrected chi connectivity index (χ0v) is 12.6. The van der Waals surface area contributed by atoms with Crippen molar-refractivity contribution in [3.8, 4) is 11.5 Å². The molecule has 1 aromatic rings. The molecule has 2 aliphatic heterocycles. The van der Waals surface area contributed by atoms with Crippen molar-refractivity contribution in [3.63, 3.8) is 0 Å². The number of rotatable bonds is 4. The van der Waals surface area contributed by atoms with Crippen molar-refractivity contribution in [2.75, 3.05) is 33.1 Å². The maximum absolute atomic E-state index is 13.2. The van der Waals surface area contributed by atoms with Gasteiger partial charge in [0.15, 0.2) is 11.5 Å². The number of alkyl halides is 3. The van der Waals surface area contributed by atoms with Gasteiger partial charge in [0.05, 0.1) is 13.2 Å². The van der Waals surface area contributed by atoms with Gasteiger partial charge in [0.1, 0.15) is 5.70 Å². The lowest BCUT2D eigenvalue weighted by atomic mass is 10.1. The van der Waals surface area contributed by atoms with Gasteiger partial charge in [0.2, 0.25) is 6.79 Å². The van der Waals surface area contributed by atoms with Crippen molar-refractivity contribution in [1.82, 2.24) is 4.90 Å². The van der Waals surface area contributed by atoms with Crippen LogP contribution in [0.1, 0.15) is 12.0 Å². The minimum atomic E-state index is -4.34. The van der Waals surface area contributed by atoms with Crippen LogP contribution in [-0.4, -0.2) is 44.2 Å². The molecule has 23 heavy (non-hydrogen) atoms. The number of halogens is 3. The molecular formula is C16H18F3NO3. The quantitative estimate of drug-likeness (QED) is 0.849. The minimum Gasteiger partial charge on any atom is -0.454 e. The van der Waals surface area contributed by atoms with Gasteiger partial charge in [0.25, 0.3) is 0 Å². The van der Waals surface area contributed by atoms with Crippen LogP contribution in [0.5, 0.6) is 11.5 Å². The summed E-state index contributed by atoms with van der Waals surface area (Å²) in [6.07, 6.45) is -2.24. The second-order valence-electron chi connectivity index (χ2n) is 5.41. The van der Waals surface area contributed by atoms with Crippen molar-refractivity contribution in [3.05, 3.63) is 35.5 Å². The molecule has 1 fully saturated rings. The summed E-state index contributed by atoms with van der Waals surface area (Å²) in [7, 11) is 0. The molecule has 2 aliphatic rings. The Morgan fingerprint density at radius 3 is 2.61 bits per heavy atom. The molecule has 0 atom stereocenters. The molecule has 4 nitrogen and oxygen atoms in total. The third kappa shape index (κ3) is 3.90. The first-order valence-corrected chi connectivity index (χ1v) is 7.52. The number of morpholine rings is 1. The second-order valence-corrected chi connectivity index (χ2v) is 5.41. The summed E-state index contributed by atoms with van der Waals surface area (Å²) in [5.41, 5.74) is 0.357. The molecule has 0 amide bonds. The van der Waals surface area contributed by atoms with Crippen LogP contribution in [0.2, 0.25) is 0 Å². The van der Waals surface area contributed by atoms with E-state index in [9.17, 15) is 13.2 Å². The summed E-state index contributed by atoms with van der Waals surface area (Å²) in [6, 6.07) is 5.45. The first-order chi connectivity index (χ1) is 11.0. The SMILES string of the molecule is FC(F)(F)/C(=C\CCc1ccc2c(c1)OCO2)N1CCOCC1. The summed E-state index contributed by atoms with van der Waals surface area (Å²) < 4.78 is 55.3. The molecule has 0 aromatic heterocycles. The molecule has 126 valence electrons. The van der Waals surface area contributed by atoms with E-state index in [0.717, 1.165) is 5.56 Å². The van der Waals surface area contributed by atoms with E-state index in [-0.39, 0.29) is 19.9 Å². The summed E-state index contributed by atoms with van der Waals surface area (Å²) in [5, 5.41) is 0. The van der Waals surface area contributed by atoms with Gasteiger partial charge in [-0.25, -0.2) is 0 Å². The van der Waals surface area contributed by atoms with Crippen LogP contribution >= 0.6 is 0 Å². The number of ether oxygens (including phenoxy) is 3. The maximum Gasteiger partial charge on any atom is 0.430 e. The number of fused-ring (bicyclic) bond motifs is 1. The van der Waals surface area contributed by atoms with Crippen LogP contribution in [0.4, 0.5) is 13.2 Å². The Morgan fingerprint density at radius 2 is 1.87 bits per heavy atom. The van der Waals surface area contributed by atoms with Crippen molar-refractivity contribution in [2.45, 2.75) is 19.0 Å². The zero-order chi connectivity index (χ0) is 16.3. The van der Waals surface area contributed by atoms with Gasteiger partial charge < -0.3 is 19.1 Å². The smallest absolute Gasteiger partial charge is 0.430 e. The predicted octanol–water partition coefficient (Wildman–Crippen LogP) is 3.13. The molecule has 3 rings (SSSR count). The Bertz CT molecular complexity index is 580. The van der Waals surface area contributed by atoms with Gasteiger partial charge in [-0.1, -0.05) is 12.1 Å². The minimum absolute atomic E-state index is 0.188. The topological polar surface area (TPSA) is 30.9 Å². The van der Waals surface area contributed by atoms with Crippen LogP contribution in [0.25, 0.3) is 0 Å². The predicted molar refractivity (Wildman–Crippen MR) is 77.4 cm³/mol. The number of benzene rings is 1. The van der Waals surface area contributed by atoms with E-state index in [2.05, 4.69) is 0 Å². The largest absolute Gasteiger partial charge is 0.454 e. The number of hydrogen-bond acceptors (Lipinski definition) is 4. The van der Waals surface area contributed by atoms with E-state index >= 15 is 0 Å². The van der Waals surface area contributed by atoms with E-state index < -0.39 is 11.9 Å². The molecule has 0 N–H and O–H groups in total. The first kappa shape index (κ1) is 16.0. The molecule has 0 spiro atoms. The molecule has 7 heteroatoms. The zero-order valence-electron chi connectivity index (χ0n) is 12.6. The van der Waals surface area contributed by atoms with Gasteiger partial charge in [-0.3, -0.25) is 0 Å². The molecule has 0 radical (unpaired) electrons. The maximum atomic E-state index is 13.2. The van der Waals surface area contributed by atoms with Crippen LogP contribution in [0.15, 0.2) is 30.0 Å². The summed E-state index contributed by atoms with van der Waals surface area (Å²) >= 11 is 0. The third-order valence-electron chi connectivity index (χ3n) is 3.85. The fraction of sp³-hybridized carbons (Fsp3) is 0.500. The van der Waals surface area contributed by atoms with Gasteiger partial charge in [-0.05, 0) is 30.5 Å². The number of nitrogens with zero attached hydrogens (tertiary/aromatic N) is 1. The van der Waals surface area contributed by atoms with Crippen LogP contribution in [-0.2, 0) is 11.2 Å². The fourth-order valence-electron chi connectivity index (χ4n) is 2.70. The molecule has 0 aliphatic carbocycles. The lowest BCUT2D eigenvalue weighted by Gasteiger charge is -2.32. The summed E-state index contributed by atoms with van der Waals surface area (Å²) in [4.78, 5) is 1.35. The van der Waals surface area contributed by atoms with E-state index in [4.69, 9.17) is 14.2 Å². The molecule has 1 aromatic carbocycles. The summed E-state index contributed by atoms with van der Waals surface area (Å²) in [5.74, 6) is 1.32. The second kappa shape index (κ2) is 6.70. The van der Waals surface area contributed by atoms with Crippen LogP contribution < -0.4 is 9.47 Å². The molecule has 0 bridgehead atoms. The average Bonchev–Trinajstić information content (AvgIpc) is 2.99. The highest BCUT2D eigenvalue weighted by Gasteiger charge is 2.37. The third-order valence-corrected chi connectivity index (χ3v) is 3.85. The van der Waals surface area contributed by atoms with Crippen molar-refractivity contribution in [1.29, 1.82) is 0 Å². The fourth-order valence-corrected chi connectivity index (χ4v) is 2.70. The standard InChI is InChI=1S/C16H18F3NO3/c17-16(18,19)15(20-6-8-21-9-7-20)3-1-2-12-4-5-13-14(10-12)23-11-22-13/h3-5,10H,1-2,6-9,11H2/b15-3+. The Balaban J connectivity index is 1.66. The lowest BCUT2D eigenvalue weighted by Crippen LogP contribution is -2.40. The number of hydrogen-bond donors (Lipinski definition) is 0. The van der Waals surface area contributed by atoms with E-state index in [1.165, 1.54) is 11.0 Å². The van der Waals surface area contributed by atoms with Gasteiger partial charge in [-0.15, -0.1) is 0 Å². The summed E-state index contributed by atoms with van der Waals surface area (Å²) in [6.45, 7) is 1.39. The number of aryl methyl sites for hydroxylation is 1. The Morgan fingerprint density at radius 1 is 1.13 bits per heavy atom. The Labute approximate surface area is 132 Å². The van der Waals surface area contributed by atoms with Crippen LogP contribution in [0, 0.1) is 0 Å². The molecule has 0 saturated carbocycles. The first-order valence-electron chi connectivity index (χ1n) is 7.52. The van der Waals surface area contributed by atoms with Gasteiger partial charge in [0, 0.05) is 13.1 Å². The Kier molecular flexibility index (Phi) is 4.66. The lowest BCUT2D eigenvalue weighted by molar-refractivity contribution is -0.118.